The van der Waals surface area contributed by atoms with Crippen molar-refractivity contribution in [3.63, 3.8) is 0 Å². The minimum absolute atomic E-state index is 0.126. The SMILES string of the molecule is CCOC(=O)C1CCN(B(C)O)CC1=O. The van der Waals surface area contributed by atoms with Crippen LogP contribution < -0.4 is 0 Å². The summed E-state index contributed by atoms with van der Waals surface area (Å²) >= 11 is 0. The van der Waals surface area contributed by atoms with Gasteiger partial charge in [0.1, 0.15) is 5.92 Å². The molecular formula is C9H16BNO4. The molecule has 0 amide bonds. The van der Waals surface area contributed by atoms with Gasteiger partial charge in [0.2, 0.25) is 0 Å². The molecule has 6 heteroatoms. The fourth-order valence-electron chi connectivity index (χ4n) is 1.66. The van der Waals surface area contributed by atoms with E-state index < -0.39 is 18.9 Å². The zero-order chi connectivity index (χ0) is 11.4. The van der Waals surface area contributed by atoms with Crippen molar-refractivity contribution in [2.75, 3.05) is 19.7 Å². The van der Waals surface area contributed by atoms with Gasteiger partial charge < -0.3 is 14.6 Å². The third-order valence-electron chi connectivity index (χ3n) is 2.55. The standard InChI is InChI=1S/C9H16BNO4/c1-3-15-9(13)7-4-5-11(10(2)14)6-8(7)12/h7,14H,3-6H2,1-2H3. The topological polar surface area (TPSA) is 66.8 Å². The first-order valence-corrected chi connectivity index (χ1v) is 5.17. The van der Waals surface area contributed by atoms with Crippen molar-refractivity contribution in [2.24, 2.45) is 5.92 Å². The van der Waals surface area contributed by atoms with Crippen LogP contribution >= 0.6 is 0 Å². The Kier molecular flexibility index (Phi) is 4.29. The van der Waals surface area contributed by atoms with Crippen molar-refractivity contribution in [1.29, 1.82) is 0 Å². The van der Waals surface area contributed by atoms with Crippen LogP contribution in [0.4, 0.5) is 0 Å². The number of hydrogen-bond donors (Lipinski definition) is 1. The third-order valence-corrected chi connectivity index (χ3v) is 2.55. The number of rotatable bonds is 3. The summed E-state index contributed by atoms with van der Waals surface area (Å²) in [6.07, 6.45) is 0.433. The molecule has 1 N–H and O–H groups in total. The van der Waals surface area contributed by atoms with E-state index in [0.29, 0.717) is 19.6 Å². The van der Waals surface area contributed by atoms with Crippen LogP contribution in [0.2, 0.25) is 6.82 Å². The van der Waals surface area contributed by atoms with Gasteiger partial charge in [0.15, 0.2) is 5.78 Å². The zero-order valence-corrected chi connectivity index (χ0v) is 9.10. The maximum absolute atomic E-state index is 11.6. The molecule has 0 aliphatic carbocycles. The van der Waals surface area contributed by atoms with Crippen molar-refractivity contribution in [3.8, 4) is 0 Å². The molecule has 1 atom stereocenters. The van der Waals surface area contributed by atoms with E-state index in [1.165, 1.54) is 0 Å². The van der Waals surface area contributed by atoms with E-state index >= 15 is 0 Å². The Bertz CT molecular complexity index is 256. The Hall–Kier alpha value is -0.875. The first-order chi connectivity index (χ1) is 7.06. The summed E-state index contributed by atoms with van der Waals surface area (Å²) < 4.78 is 4.81. The Balaban J connectivity index is 2.53. The Morgan fingerprint density at radius 1 is 1.73 bits per heavy atom. The van der Waals surface area contributed by atoms with Crippen LogP contribution in [-0.4, -0.2) is 48.3 Å². The predicted octanol–water partition coefficient (Wildman–Crippen LogP) is -0.449. The molecule has 1 aliphatic rings. The second-order valence-electron chi connectivity index (χ2n) is 3.66. The number of Topliss-reactive ketones (excluding diaryl/α,β-unsaturated/α-hetero) is 1. The minimum Gasteiger partial charge on any atom is -0.465 e. The average molecular weight is 213 g/mol. The lowest BCUT2D eigenvalue weighted by Gasteiger charge is -2.30. The van der Waals surface area contributed by atoms with Crippen molar-refractivity contribution in [1.82, 2.24) is 4.81 Å². The van der Waals surface area contributed by atoms with Gasteiger partial charge >= 0.3 is 13.0 Å². The van der Waals surface area contributed by atoms with Gasteiger partial charge in [-0.15, -0.1) is 0 Å². The van der Waals surface area contributed by atoms with Crippen LogP contribution in [0.15, 0.2) is 0 Å². The number of piperidine rings is 1. The Morgan fingerprint density at radius 3 is 2.87 bits per heavy atom. The normalized spacial score (nSPS) is 22.6. The lowest BCUT2D eigenvalue weighted by molar-refractivity contribution is -0.153. The summed E-state index contributed by atoms with van der Waals surface area (Å²) in [6.45, 7) is 4.29. The molecule has 15 heavy (non-hydrogen) atoms. The smallest absolute Gasteiger partial charge is 0.376 e. The average Bonchev–Trinajstić information content (AvgIpc) is 2.17. The van der Waals surface area contributed by atoms with Crippen molar-refractivity contribution < 1.29 is 19.3 Å². The van der Waals surface area contributed by atoms with Gasteiger partial charge in [-0.1, -0.05) is 0 Å². The summed E-state index contributed by atoms with van der Waals surface area (Å²) in [5.74, 6) is -1.24. The van der Waals surface area contributed by atoms with Crippen LogP contribution in [0.1, 0.15) is 13.3 Å². The van der Waals surface area contributed by atoms with Crippen LogP contribution in [0, 0.1) is 5.92 Å². The van der Waals surface area contributed by atoms with E-state index in [0.717, 1.165) is 0 Å². The zero-order valence-electron chi connectivity index (χ0n) is 9.10. The lowest BCUT2D eigenvalue weighted by Crippen LogP contribution is -2.49. The largest absolute Gasteiger partial charge is 0.465 e. The highest BCUT2D eigenvalue weighted by molar-refractivity contribution is 6.45. The van der Waals surface area contributed by atoms with Gasteiger partial charge in [-0.25, -0.2) is 0 Å². The highest BCUT2D eigenvalue weighted by atomic mass is 16.5. The van der Waals surface area contributed by atoms with Gasteiger partial charge in [0.05, 0.1) is 13.2 Å². The molecule has 84 valence electrons. The number of carbonyl (C=O) groups is 2. The summed E-state index contributed by atoms with van der Waals surface area (Å²) in [7, 11) is -0.642. The Labute approximate surface area is 89.5 Å². The van der Waals surface area contributed by atoms with E-state index in [2.05, 4.69) is 0 Å². The number of hydrogen-bond acceptors (Lipinski definition) is 5. The van der Waals surface area contributed by atoms with Crippen molar-refractivity contribution in [2.45, 2.75) is 20.2 Å². The van der Waals surface area contributed by atoms with E-state index in [1.54, 1.807) is 18.6 Å². The second-order valence-corrected chi connectivity index (χ2v) is 3.66. The fourth-order valence-corrected chi connectivity index (χ4v) is 1.66. The van der Waals surface area contributed by atoms with Gasteiger partial charge in [-0.05, 0) is 26.7 Å². The summed E-state index contributed by atoms with van der Waals surface area (Å²) in [5.41, 5.74) is 0. The second kappa shape index (κ2) is 5.28. The molecule has 0 aromatic heterocycles. The third kappa shape index (κ3) is 3.04. The van der Waals surface area contributed by atoms with E-state index in [1.807, 2.05) is 0 Å². The maximum Gasteiger partial charge on any atom is 0.376 e. The molecule has 0 aromatic carbocycles. The summed E-state index contributed by atoms with van der Waals surface area (Å²) in [6, 6.07) is 0. The monoisotopic (exact) mass is 213 g/mol. The molecule has 0 radical (unpaired) electrons. The molecule has 1 aliphatic heterocycles. The van der Waals surface area contributed by atoms with Gasteiger partial charge in [-0.3, -0.25) is 9.59 Å². The van der Waals surface area contributed by atoms with E-state index in [4.69, 9.17) is 4.74 Å². The van der Waals surface area contributed by atoms with E-state index in [9.17, 15) is 14.6 Å². The minimum atomic E-state index is -0.642. The molecule has 1 rings (SSSR count). The quantitative estimate of drug-likeness (QED) is 0.390. The summed E-state index contributed by atoms with van der Waals surface area (Å²) in [5, 5.41) is 9.28. The molecule has 1 saturated heterocycles. The van der Waals surface area contributed by atoms with Crippen LogP contribution in [0.3, 0.4) is 0 Å². The van der Waals surface area contributed by atoms with Crippen molar-refractivity contribution >= 4 is 18.8 Å². The molecule has 1 fully saturated rings. The highest BCUT2D eigenvalue weighted by Crippen LogP contribution is 2.16. The first kappa shape index (κ1) is 12.2. The molecule has 1 heterocycles. The van der Waals surface area contributed by atoms with E-state index in [-0.39, 0.29) is 12.3 Å². The predicted molar refractivity (Wildman–Crippen MR) is 55.2 cm³/mol. The number of ether oxygens (including phenoxy) is 1. The summed E-state index contributed by atoms with van der Waals surface area (Å²) in [4.78, 5) is 24.6. The number of esters is 1. The molecule has 0 spiro atoms. The van der Waals surface area contributed by atoms with Gasteiger partial charge in [0, 0.05) is 0 Å². The van der Waals surface area contributed by atoms with Crippen LogP contribution in [0.5, 0.6) is 0 Å². The fraction of sp³-hybridized carbons (Fsp3) is 0.778. The number of ketones is 1. The van der Waals surface area contributed by atoms with Gasteiger partial charge in [0.25, 0.3) is 0 Å². The molecule has 5 nitrogen and oxygen atoms in total. The molecule has 0 bridgehead atoms. The number of nitrogens with zero attached hydrogens (tertiary/aromatic N) is 1. The van der Waals surface area contributed by atoms with Crippen LogP contribution in [0.25, 0.3) is 0 Å². The number of carbonyl (C=O) groups excluding carboxylic acids is 2. The molecule has 0 aromatic rings. The van der Waals surface area contributed by atoms with Gasteiger partial charge in [-0.2, -0.15) is 0 Å². The Morgan fingerprint density at radius 2 is 2.40 bits per heavy atom. The molecule has 1 unspecified atom stereocenters. The highest BCUT2D eigenvalue weighted by Gasteiger charge is 2.35. The molecular weight excluding hydrogens is 197 g/mol. The van der Waals surface area contributed by atoms with Crippen LogP contribution in [-0.2, 0) is 14.3 Å². The maximum atomic E-state index is 11.6. The van der Waals surface area contributed by atoms with Crippen molar-refractivity contribution in [3.05, 3.63) is 0 Å². The molecule has 0 saturated carbocycles. The lowest BCUT2D eigenvalue weighted by atomic mass is 9.80. The first-order valence-electron chi connectivity index (χ1n) is 5.17.